The van der Waals surface area contributed by atoms with Gasteiger partial charge in [0.05, 0.1) is 6.61 Å². The van der Waals surface area contributed by atoms with Crippen LogP contribution in [0.4, 0.5) is 0 Å². The van der Waals surface area contributed by atoms with Gasteiger partial charge in [-0.2, -0.15) is 0 Å². The number of hydrogen-bond acceptors (Lipinski definition) is 2. The Labute approximate surface area is 135 Å². The van der Waals surface area contributed by atoms with Crippen molar-refractivity contribution < 1.29 is 4.74 Å². The molecular formula is C18H30ClNO. The van der Waals surface area contributed by atoms with Gasteiger partial charge < -0.3 is 10.5 Å². The molecule has 0 amide bonds. The van der Waals surface area contributed by atoms with Crippen LogP contribution in [0, 0.1) is 5.92 Å². The molecule has 0 saturated heterocycles. The highest BCUT2D eigenvalue weighted by molar-refractivity contribution is 5.85. The third-order valence-electron chi connectivity index (χ3n) is 4.44. The number of hydrogen-bond donors (Lipinski definition) is 1. The number of rotatable bonds is 8. The molecule has 1 fully saturated rings. The first kappa shape index (κ1) is 18.3. The molecule has 2 nitrogen and oxygen atoms in total. The van der Waals surface area contributed by atoms with E-state index in [1.807, 2.05) is 0 Å². The Morgan fingerprint density at radius 1 is 1.24 bits per heavy atom. The van der Waals surface area contributed by atoms with E-state index in [0.29, 0.717) is 5.92 Å². The van der Waals surface area contributed by atoms with Gasteiger partial charge in [0.15, 0.2) is 0 Å². The average molecular weight is 312 g/mol. The molecule has 0 radical (unpaired) electrons. The van der Waals surface area contributed by atoms with E-state index in [-0.39, 0.29) is 18.4 Å². The summed E-state index contributed by atoms with van der Waals surface area (Å²) in [6.45, 7) is 7.54. The lowest BCUT2D eigenvalue weighted by atomic mass is 9.94. The second-order valence-corrected chi connectivity index (χ2v) is 6.30. The molecule has 1 aromatic carbocycles. The molecule has 1 aliphatic rings. The summed E-state index contributed by atoms with van der Waals surface area (Å²) in [5, 5.41) is 0. The molecular weight excluding hydrogens is 282 g/mol. The quantitative estimate of drug-likeness (QED) is 0.756. The average Bonchev–Trinajstić information content (AvgIpc) is 3.29. The Morgan fingerprint density at radius 3 is 2.52 bits per heavy atom. The van der Waals surface area contributed by atoms with Crippen LogP contribution in [0.1, 0.15) is 63.5 Å². The van der Waals surface area contributed by atoms with Crippen molar-refractivity contribution in [3.63, 3.8) is 0 Å². The van der Waals surface area contributed by atoms with Crippen LogP contribution >= 0.6 is 12.4 Å². The summed E-state index contributed by atoms with van der Waals surface area (Å²) in [6.07, 6.45) is 5.75. The van der Waals surface area contributed by atoms with Gasteiger partial charge in [-0.3, -0.25) is 0 Å². The second kappa shape index (κ2) is 8.65. The third-order valence-corrected chi connectivity index (χ3v) is 4.44. The summed E-state index contributed by atoms with van der Waals surface area (Å²) in [6, 6.07) is 6.91. The molecule has 3 heteroatoms. The van der Waals surface area contributed by atoms with Crippen LogP contribution in [0.3, 0.4) is 0 Å². The van der Waals surface area contributed by atoms with E-state index in [0.717, 1.165) is 31.1 Å². The summed E-state index contributed by atoms with van der Waals surface area (Å²) in [7, 11) is 0. The zero-order chi connectivity index (χ0) is 14.5. The van der Waals surface area contributed by atoms with Crippen LogP contribution in [-0.4, -0.2) is 12.6 Å². The van der Waals surface area contributed by atoms with E-state index in [2.05, 4.69) is 39.0 Å². The maximum Gasteiger partial charge on any atom is 0.122 e. The molecule has 1 aliphatic carbocycles. The van der Waals surface area contributed by atoms with Crippen molar-refractivity contribution in [1.29, 1.82) is 0 Å². The number of nitrogens with two attached hydrogens (primary N) is 1. The van der Waals surface area contributed by atoms with Crippen molar-refractivity contribution in [2.75, 3.05) is 6.61 Å². The topological polar surface area (TPSA) is 35.2 Å². The van der Waals surface area contributed by atoms with Crippen LogP contribution in [0.2, 0.25) is 0 Å². The highest BCUT2D eigenvalue weighted by Gasteiger charge is 2.22. The lowest BCUT2D eigenvalue weighted by molar-refractivity contribution is 0.296. The lowest BCUT2D eigenvalue weighted by Crippen LogP contribution is -2.22. The van der Waals surface area contributed by atoms with Gasteiger partial charge >= 0.3 is 0 Å². The van der Waals surface area contributed by atoms with Crippen molar-refractivity contribution in [3.05, 3.63) is 29.3 Å². The Bertz CT molecular complexity index is 431. The predicted octanol–water partition coefficient (Wildman–Crippen LogP) is 4.69. The van der Waals surface area contributed by atoms with E-state index in [9.17, 15) is 0 Å². The zero-order valence-corrected chi connectivity index (χ0v) is 14.4. The summed E-state index contributed by atoms with van der Waals surface area (Å²) >= 11 is 0. The molecule has 0 spiro atoms. The highest BCUT2D eigenvalue weighted by atomic mass is 35.5. The van der Waals surface area contributed by atoms with Crippen LogP contribution in [0.5, 0.6) is 5.75 Å². The molecule has 1 aromatic rings. The van der Waals surface area contributed by atoms with Crippen molar-refractivity contribution >= 4 is 12.4 Å². The highest BCUT2D eigenvalue weighted by Crippen LogP contribution is 2.32. The van der Waals surface area contributed by atoms with Crippen LogP contribution in [0.15, 0.2) is 18.2 Å². The summed E-state index contributed by atoms with van der Waals surface area (Å²) in [5.74, 6) is 2.44. The van der Waals surface area contributed by atoms with Crippen molar-refractivity contribution in [3.8, 4) is 5.75 Å². The van der Waals surface area contributed by atoms with Crippen LogP contribution < -0.4 is 10.5 Å². The number of ether oxygens (including phenoxy) is 1. The molecule has 2 N–H and O–H groups in total. The fraction of sp³-hybridized carbons (Fsp3) is 0.667. The van der Waals surface area contributed by atoms with Gasteiger partial charge in [-0.25, -0.2) is 0 Å². The molecule has 21 heavy (non-hydrogen) atoms. The smallest absolute Gasteiger partial charge is 0.122 e. The minimum absolute atomic E-state index is 0. The molecule has 0 aliphatic heterocycles. The van der Waals surface area contributed by atoms with Gasteiger partial charge in [-0.15, -0.1) is 12.4 Å². The molecule has 0 heterocycles. The molecule has 2 unspecified atom stereocenters. The number of halogens is 1. The minimum Gasteiger partial charge on any atom is -0.493 e. The first-order valence-electron chi connectivity index (χ1n) is 8.15. The van der Waals surface area contributed by atoms with E-state index in [1.165, 1.54) is 30.4 Å². The summed E-state index contributed by atoms with van der Waals surface area (Å²) < 4.78 is 6.02. The van der Waals surface area contributed by atoms with E-state index in [1.54, 1.807) is 0 Å². The third kappa shape index (κ3) is 5.52. The monoisotopic (exact) mass is 311 g/mol. The minimum atomic E-state index is 0. The maximum atomic E-state index is 6.15. The SMILES string of the molecule is CCC(N)Cc1cc(C(C)CC)ccc1OCC1CC1.Cl. The molecule has 2 atom stereocenters. The molecule has 2 rings (SSSR count). The first-order chi connectivity index (χ1) is 9.63. The fourth-order valence-electron chi connectivity index (χ4n) is 2.36. The standard InChI is InChI=1S/C18H29NO.ClH/c1-4-13(3)15-8-9-18(20-12-14-6-7-14)16(10-15)11-17(19)5-2;/h8-10,13-14,17H,4-7,11-12,19H2,1-3H3;1H. The summed E-state index contributed by atoms with van der Waals surface area (Å²) in [5.41, 5.74) is 8.84. The first-order valence-corrected chi connectivity index (χ1v) is 8.15. The second-order valence-electron chi connectivity index (χ2n) is 6.30. The Morgan fingerprint density at radius 2 is 1.95 bits per heavy atom. The normalized spacial score (nSPS) is 17.0. The van der Waals surface area contributed by atoms with Crippen molar-refractivity contribution in [2.45, 2.75) is 64.8 Å². The Balaban J connectivity index is 0.00000220. The largest absolute Gasteiger partial charge is 0.493 e. The van der Waals surface area contributed by atoms with Gasteiger partial charge in [0.1, 0.15) is 5.75 Å². The summed E-state index contributed by atoms with van der Waals surface area (Å²) in [4.78, 5) is 0. The lowest BCUT2D eigenvalue weighted by Gasteiger charge is -2.18. The molecule has 0 bridgehead atoms. The van der Waals surface area contributed by atoms with Gasteiger partial charge in [0, 0.05) is 6.04 Å². The van der Waals surface area contributed by atoms with E-state index >= 15 is 0 Å². The zero-order valence-electron chi connectivity index (χ0n) is 13.6. The maximum absolute atomic E-state index is 6.15. The molecule has 120 valence electrons. The predicted molar refractivity (Wildman–Crippen MR) is 92.6 cm³/mol. The van der Waals surface area contributed by atoms with Gasteiger partial charge in [0.2, 0.25) is 0 Å². The van der Waals surface area contributed by atoms with E-state index in [4.69, 9.17) is 10.5 Å². The van der Waals surface area contributed by atoms with Gasteiger partial charge in [-0.1, -0.05) is 32.9 Å². The van der Waals surface area contributed by atoms with Gasteiger partial charge in [-0.05, 0) is 61.1 Å². The molecule has 0 aromatic heterocycles. The van der Waals surface area contributed by atoms with Crippen LogP contribution in [0.25, 0.3) is 0 Å². The van der Waals surface area contributed by atoms with Gasteiger partial charge in [0.25, 0.3) is 0 Å². The van der Waals surface area contributed by atoms with E-state index < -0.39 is 0 Å². The Kier molecular flexibility index (Phi) is 7.55. The van der Waals surface area contributed by atoms with Crippen molar-refractivity contribution in [2.24, 2.45) is 11.7 Å². The fourth-order valence-corrected chi connectivity index (χ4v) is 2.36. The Hall–Kier alpha value is -0.730. The number of benzene rings is 1. The molecule has 1 saturated carbocycles. The van der Waals surface area contributed by atoms with Crippen molar-refractivity contribution in [1.82, 2.24) is 0 Å². The van der Waals surface area contributed by atoms with Crippen LogP contribution in [-0.2, 0) is 6.42 Å².